The number of ether oxygens (including phenoxy) is 1. The van der Waals surface area contributed by atoms with E-state index in [4.69, 9.17) is 10.00 Å². The molecule has 4 aromatic rings. The summed E-state index contributed by atoms with van der Waals surface area (Å²) in [7, 11) is 0. The van der Waals surface area contributed by atoms with Crippen LogP contribution in [-0.2, 0) is 0 Å². The molecule has 0 radical (unpaired) electrons. The number of aryl methyl sites for hydroxylation is 2. The van der Waals surface area contributed by atoms with E-state index in [2.05, 4.69) is 33.4 Å². The minimum Gasteiger partial charge on any atom is -0.438 e. The third kappa shape index (κ3) is 3.31. The number of hydrogen-bond donors (Lipinski definition) is 0. The van der Waals surface area contributed by atoms with Crippen molar-refractivity contribution in [3.63, 3.8) is 0 Å². The Morgan fingerprint density at radius 3 is 2.32 bits per heavy atom. The topological polar surface area (TPSA) is 89.5 Å². The summed E-state index contributed by atoms with van der Waals surface area (Å²) in [5, 5.41) is 25.0. The molecule has 0 atom stereocenters. The maximum Gasteiger partial charge on any atom is 0.238 e. The Hall–Kier alpha value is -4.05. The smallest absolute Gasteiger partial charge is 0.238 e. The molecule has 0 amide bonds. The predicted octanol–water partition coefficient (Wildman–Crippen LogP) is 4.01. The maximum absolute atomic E-state index is 8.78. The van der Waals surface area contributed by atoms with E-state index in [1.165, 1.54) is 0 Å². The van der Waals surface area contributed by atoms with Gasteiger partial charge in [0, 0.05) is 17.3 Å². The maximum atomic E-state index is 8.78. The van der Waals surface area contributed by atoms with Crippen LogP contribution in [0.4, 0.5) is 0 Å². The zero-order chi connectivity index (χ0) is 19.5. The van der Waals surface area contributed by atoms with Gasteiger partial charge in [-0.05, 0) is 49.7 Å². The van der Waals surface area contributed by atoms with E-state index in [0.717, 1.165) is 28.5 Å². The second-order valence-corrected chi connectivity index (χ2v) is 6.19. The molecular weight excluding hydrogens is 352 g/mol. The van der Waals surface area contributed by atoms with Crippen molar-refractivity contribution in [3.8, 4) is 34.8 Å². The second-order valence-electron chi connectivity index (χ2n) is 6.19. The average molecular weight is 368 g/mol. The van der Waals surface area contributed by atoms with Gasteiger partial charge in [-0.2, -0.15) is 5.26 Å². The Balaban J connectivity index is 1.64. The van der Waals surface area contributed by atoms with Crippen molar-refractivity contribution in [2.45, 2.75) is 13.8 Å². The molecule has 2 aromatic heterocycles. The van der Waals surface area contributed by atoms with Crippen LogP contribution in [0, 0.1) is 25.2 Å². The van der Waals surface area contributed by atoms with Gasteiger partial charge in [-0.25, -0.2) is 0 Å². The summed E-state index contributed by atoms with van der Waals surface area (Å²) in [6.45, 7) is 3.98. The molecule has 0 saturated carbocycles. The van der Waals surface area contributed by atoms with Crippen LogP contribution in [0.15, 0.2) is 60.7 Å². The van der Waals surface area contributed by atoms with Gasteiger partial charge < -0.3 is 4.74 Å². The molecule has 0 spiro atoms. The summed E-state index contributed by atoms with van der Waals surface area (Å²) in [5.74, 6) is 2.53. The van der Waals surface area contributed by atoms with E-state index < -0.39 is 0 Å². The lowest BCUT2D eigenvalue weighted by Crippen LogP contribution is -2.01. The lowest BCUT2D eigenvalue weighted by atomic mass is 10.1. The Labute approximate surface area is 161 Å². The number of hydrogen-bond acceptors (Lipinski definition) is 6. The van der Waals surface area contributed by atoms with Crippen LogP contribution in [0.5, 0.6) is 11.6 Å². The number of rotatable bonds is 4. The summed E-state index contributed by atoms with van der Waals surface area (Å²) in [4.78, 5) is 0. The molecule has 0 unspecified atom stereocenters. The molecule has 0 bridgehead atoms. The molecule has 0 aliphatic heterocycles. The molecule has 7 nitrogen and oxygen atoms in total. The predicted molar refractivity (Wildman–Crippen MR) is 103 cm³/mol. The summed E-state index contributed by atoms with van der Waals surface area (Å²) < 4.78 is 7.70. The van der Waals surface area contributed by atoms with Gasteiger partial charge in [0.1, 0.15) is 17.6 Å². The largest absolute Gasteiger partial charge is 0.438 e. The Morgan fingerprint density at radius 1 is 0.857 bits per heavy atom. The molecule has 4 rings (SSSR count). The normalized spacial score (nSPS) is 10.5. The van der Waals surface area contributed by atoms with Crippen LogP contribution in [-0.4, -0.2) is 25.0 Å². The van der Waals surface area contributed by atoms with Gasteiger partial charge in [-0.15, -0.1) is 20.4 Å². The highest BCUT2D eigenvalue weighted by atomic mass is 16.5. The number of benzene rings is 2. The van der Waals surface area contributed by atoms with Crippen molar-refractivity contribution < 1.29 is 4.74 Å². The fraction of sp³-hybridized carbons (Fsp3) is 0.0952. The van der Waals surface area contributed by atoms with Crippen molar-refractivity contribution in [1.29, 1.82) is 5.26 Å². The summed E-state index contributed by atoms with van der Waals surface area (Å²) >= 11 is 0. The summed E-state index contributed by atoms with van der Waals surface area (Å²) in [6, 6.07) is 20.7. The van der Waals surface area contributed by atoms with Gasteiger partial charge in [0.25, 0.3) is 0 Å². The first-order valence-electron chi connectivity index (χ1n) is 8.66. The van der Waals surface area contributed by atoms with E-state index in [9.17, 15) is 0 Å². The van der Waals surface area contributed by atoms with Crippen LogP contribution in [0.25, 0.3) is 17.1 Å². The average Bonchev–Trinajstić information content (AvgIpc) is 3.11. The first kappa shape index (κ1) is 17.4. The molecule has 0 aliphatic carbocycles. The minimum absolute atomic E-state index is 0.245. The van der Waals surface area contributed by atoms with Crippen molar-refractivity contribution in [2.75, 3.05) is 0 Å². The molecule has 2 heterocycles. The van der Waals surface area contributed by atoms with Crippen LogP contribution >= 0.6 is 0 Å². The molecule has 136 valence electrons. The number of nitriles is 1. The van der Waals surface area contributed by atoms with Gasteiger partial charge in [0.15, 0.2) is 11.5 Å². The number of aromatic nitrogens is 5. The van der Waals surface area contributed by atoms with Gasteiger partial charge in [-0.3, -0.25) is 4.57 Å². The van der Waals surface area contributed by atoms with Crippen LogP contribution in [0.2, 0.25) is 0 Å². The van der Waals surface area contributed by atoms with Gasteiger partial charge >= 0.3 is 0 Å². The zero-order valence-corrected chi connectivity index (χ0v) is 15.4. The summed E-state index contributed by atoms with van der Waals surface area (Å²) in [6.07, 6.45) is 0. The van der Waals surface area contributed by atoms with E-state index in [1.54, 1.807) is 12.1 Å². The standard InChI is InChI=1S/C21H16N6O/c1-14-5-3-4-6-19(14)21-26-23-15(2)27(21)17-8-10-18(11-9-17)28-20-12-7-16(13-22)24-25-20/h3-12H,1-2H3. The summed E-state index contributed by atoms with van der Waals surface area (Å²) in [5.41, 5.74) is 3.35. The molecule has 0 fully saturated rings. The molecule has 0 aliphatic rings. The molecule has 7 heteroatoms. The lowest BCUT2D eigenvalue weighted by molar-refractivity contribution is 0.455. The number of nitrogens with zero attached hydrogens (tertiary/aromatic N) is 6. The fourth-order valence-corrected chi connectivity index (χ4v) is 2.89. The van der Waals surface area contributed by atoms with Crippen molar-refractivity contribution in [2.24, 2.45) is 0 Å². The molecule has 0 N–H and O–H groups in total. The van der Waals surface area contributed by atoms with Crippen molar-refractivity contribution in [3.05, 3.63) is 77.7 Å². The lowest BCUT2D eigenvalue weighted by Gasteiger charge is -2.11. The molecule has 2 aromatic carbocycles. The first-order chi connectivity index (χ1) is 13.7. The van der Waals surface area contributed by atoms with Gasteiger partial charge in [-0.1, -0.05) is 24.3 Å². The SMILES string of the molecule is Cc1ccccc1-c1nnc(C)n1-c1ccc(Oc2ccc(C#N)nn2)cc1. The molecule has 28 heavy (non-hydrogen) atoms. The highest BCUT2D eigenvalue weighted by Crippen LogP contribution is 2.27. The first-order valence-corrected chi connectivity index (χ1v) is 8.66. The highest BCUT2D eigenvalue weighted by Gasteiger charge is 2.14. The Kier molecular flexibility index (Phi) is 4.52. The van der Waals surface area contributed by atoms with Crippen LogP contribution in [0.1, 0.15) is 17.1 Å². The van der Waals surface area contributed by atoms with Crippen LogP contribution < -0.4 is 4.74 Å². The second kappa shape index (κ2) is 7.29. The van der Waals surface area contributed by atoms with E-state index in [-0.39, 0.29) is 5.69 Å². The molecular formula is C21H16N6O. The minimum atomic E-state index is 0.245. The van der Waals surface area contributed by atoms with Gasteiger partial charge in [0.2, 0.25) is 5.88 Å². The monoisotopic (exact) mass is 368 g/mol. The third-order valence-corrected chi connectivity index (χ3v) is 4.28. The van der Waals surface area contributed by atoms with E-state index >= 15 is 0 Å². The Bertz CT molecular complexity index is 1160. The van der Waals surface area contributed by atoms with Crippen LogP contribution in [0.3, 0.4) is 0 Å². The highest BCUT2D eigenvalue weighted by molar-refractivity contribution is 5.62. The molecule has 0 saturated heterocycles. The quantitative estimate of drug-likeness (QED) is 0.541. The van der Waals surface area contributed by atoms with E-state index in [0.29, 0.717) is 11.6 Å². The zero-order valence-electron chi connectivity index (χ0n) is 15.4. The van der Waals surface area contributed by atoms with E-state index in [1.807, 2.05) is 60.0 Å². The van der Waals surface area contributed by atoms with Crippen molar-refractivity contribution >= 4 is 0 Å². The third-order valence-electron chi connectivity index (χ3n) is 4.28. The van der Waals surface area contributed by atoms with Gasteiger partial charge in [0.05, 0.1) is 0 Å². The van der Waals surface area contributed by atoms with Crippen molar-refractivity contribution in [1.82, 2.24) is 25.0 Å². The fourth-order valence-electron chi connectivity index (χ4n) is 2.89. The Morgan fingerprint density at radius 2 is 1.64 bits per heavy atom.